The van der Waals surface area contributed by atoms with Crippen molar-refractivity contribution in [3.05, 3.63) is 34.3 Å². The number of rotatable bonds is 4. The summed E-state index contributed by atoms with van der Waals surface area (Å²) in [6.07, 6.45) is 0. The molecule has 0 saturated heterocycles. The zero-order valence-corrected chi connectivity index (χ0v) is 11.8. The quantitative estimate of drug-likeness (QED) is 0.874. The molecular weight excluding hydrogens is 306 g/mol. The summed E-state index contributed by atoms with van der Waals surface area (Å²) in [5, 5.41) is 11.9. The molecule has 0 saturated carbocycles. The van der Waals surface area contributed by atoms with Crippen LogP contribution in [-0.2, 0) is 5.75 Å². The first-order valence-electron chi connectivity index (χ1n) is 4.67. The number of hydrogen-bond acceptors (Lipinski definition) is 5. The van der Waals surface area contributed by atoms with Gasteiger partial charge in [0.1, 0.15) is 0 Å². The molecule has 0 unspecified atom stereocenters. The van der Waals surface area contributed by atoms with Crippen LogP contribution in [-0.4, -0.2) is 17.2 Å². The van der Waals surface area contributed by atoms with Gasteiger partial charge < -0.3 is 5.32 Å². The Hall–Kier alpha value is -0.590. The lowest BCUT2D eigenvalue weighted by Crippen LogP contribution is -1.84. The molecule has 84 valence electrons. The van der Waals surface area contributed by atoms with Gasteiger partial charge in [0.15, 0.2) is 4.34 Å². The van der Waals surface area contributed by atoms with Crippen molar-refractivity contribution >= 4 is 44.2 Å². The van der Waals surface area contributed by atoms with Gasteiger partial charge in [-0.2, -0.15) is 0 Å². The number of benzene rings is 1. The third-order valence-electron chi connectivity index (χ3n) is 1.93. The van der Waals surface area contributed by atoms with Crippen LogP contribution in [0.5, 0.6) is 0 Å². The second-order valence-electron chi connectivity index (χ2n) is 3.00. The number of aromatic nitrogens is 2. The minimum absolute atomic E-state index is 0.856. The molecule has 0 aliphatic heterocycles. The van der Waals surface area contributed by atoms with Crippen molar-refractivity contribution in [3.63, 3.8) is 0 Å². The SMILES string of the molecule is CNc1nnc(SCc2ccccc2Br)s1. The Morgan fingerprint density at radius 1 is 1.38 bits per heavy atom. The van der Waals surface area contributed by atoms with E-state index in [1.54, 1.807) is 23.1 Å². The average molecular weight is 316 g/mol. The number of anilines is 1. The van der Waals surface area contributed by atoms with Gasteiger partial charge in [-0.05, 0) is 11.6 Å². The molecule has 1 N–H and O–H groups in total. The number of nitrogens with one attached hydrogen (secondary N) is 1. The van der Waals surface area contributed by atoms with E-state index in [1.807, 2.05) is 19.2 Å². The zero-order valence-electron chi connectivity index (χ0n) is 8.61. The molecule has 0 amide bonds. The van der Waals surface area contributed by atoms with Gasteiger partial charge in [-0.25, -0.2) is 0 Å². The van der Waals surface area contributed by atoms with Crippen molar-refractivity contribution in [3.8, 4) is 0 Å². The van der Waals surface area contributed by atoms with E-state index in [4.69, 9.17) is 0 Å². The molecule has 0 bridgehead atoms. The van der Waals surface area contributed by atoms with Gasteiger partial charge in [-0.15, -0.1) is 10.2 Å². The van der Waals surface area contributed by atoms with Gasteiger partial charge in [-0.3, -0.25) is 0 Å². The zero-order chi connectivity index (χ0) is 11.4. The van der Waals surface area contributed by atoms with Crippen LogP contribution in [0.25, 0.3) is 0 Å². The van der Waals surface area contributed by atoms with Crippen LogP contribution in [0.1, 0.15) is 5.56 Å². The summed E-state index contributed by atoms with van der Waals surface area (Å²) in [7, 11) is 1.85. The molecule has 0 fully saturated rings. The van der Waals surface area contributed by atoms with E-state index < -0.39 is 0 Å². The van der Waals surface area contributed by atoms with Crippen LogP contribution >= 0.6 is 39.0 Å². The van der Waals surface area contributed by atoms with Crippen molar-refractivity contribution in [2.45, 2.75) is 10.1 Å². The average Bonchev–Trinajstić information content (AvgIpc) is 2.76. The molecule has 2 aromatic rings. The van der Waals surface area contributed by atoms with Gasteiger partial charge in [0.2, 0.25) is 5.13 Å². The second-order valence-corrected chi connectivity index (χ2v) is 6.06. The van der Waals surface area contributed by atoms with Crippen LogP contribution in [0.2, 0.25) is 0 Å². The smallest absolute Gasteiger partial charge is 0.206 e. The molecule has 0 radical (unpaired) electrons. The lowest BCUT2D eigenvalue weighted by atomic mass is 10.2. The van der Waals surface area contributed by atoms with Crippen molar-refractivity contribution in [1.29, 1.82) is 0 Å². The van der Waals surface area contributed by atoms with Gasteiger partial charge in [0.05, 0.1) is 0 Å². The standard InChI is InChI=1S/C10H10BrN3S2/c1-12-9-13-14-10(16-9)15-6-7-4-2-3-5-8(7)11/h2-5H,6H2,1H3,(H,12,13). The van der Waals surface area contributed by atoms with Crippen LogP contribution in [0.15, 0.2) is 33.1 Å². The molecule has 0 spiro atoms. The largest absolute Gasteiger partial charge is 0.363 e. The monoisotopic (exact) mass is 315 g/mol. The summed E-state index contributed by atoms with van der Waals surface area (Å²) in [6.45, 7) is 0. The Morgan fingerprint density at radius 2 is 2.19 bits per heavy atom. The lowest BCUT2D eigenvalue weighted by molar-refractivity contribution is 1.01. The topological polar surface area (TPSA) is 37.8 Å². The first-order valence-corrected chi connectivity index (χ1v) is 7.26. The molecule has 1 aromatic carbocycles. The van der Waals surface area contributed by atoms with Crippen molar-refractivity contribution in [2.75, 3.05) is 12.4 Å². The van der Waals surface area contributed by atoms with E-state index in [-0.39, 0.29) is 0 Å². The molecule has 0 atom stereocenters. The predicted octanol–water partition coefficient (Wildman–Crippen LogP) is 3.63. The van der Waals surface area contributed by atoms with E-state index in [1.165, 1.54) is 5.56 Å². The number of halogens is 1. The Bertz CT molecular complexity index is 473. The molecule has 6 heteroatoms. The highest BCUT2D eigenvalue weighted by atomic mass is 79.9. The maximum Gasteiger partial charge on any atom is 0.206 e. The van der Waals surface area contributed by atoms with Crippen molar-refractivity contribution in [2.24, 2.45) is 0 Å². The fraction of sp³-hybridized carbons (Fsp3) is 0.200. The normalized spacial score (nSPS) is 10.4. The minimum atomic E-state index is 0.856. The molecule has 0 aliphatic carbocycles. The summed E-state index contributed by atoms with van der Waals surface area (Å²) in [5.41, 5.74) is 1.27. The number of nitrogens with zero attached hydrogens (tertiary/aromatic N) is 2. The fourth-order valence-corrected chi connectivity index (χ4v) is 3.44. The maximum absolute atomic E-state index is 4.09. The third-order valence-corrected chi connectivity index (χ3v) is 4.83. The van der Waals surface area contributed by atoms with Gasteiger partial charge in [0.25, 0.3) is 0 Å². The minimum Gasteiger partial charge on any atom is -0.363 e. The molecule has 0 aliphatic rings. The van der Waals surface area contributed by atoms with Crippen molar-refractivity contribution < 1.29 is 0 Å². The highest BCUT2D eigenvalue weighted by Gasteiger charge is 2.05. The molecule has 3 nitrogen and oxygen atoms in total. The Morgan fingerprint density at radius 3 is 2.88 bits per heavy atom. The van der Waals surface area contributed by atoms with Gasteiger partial charge >= 0.3 is 0 Å². The van der Waals surface area contributed by atoms with Gasteiger partial charge in [-0.1, -0.05) is 57.2 Å². The Labute approximate surface area is 111 Å². The van der Waals surface area contributed by atoms with E-state index in [0.717, 1.165) is 19.7 Å². The number of thioether (sulfide) groups is 1. The Kier molecular flexibility index (Phi) is 4.20. The molecule has 16 heavy (non-hydrogen) atoms. The van der Waals surface area contributed by atoms with Crippen molar-refractivity contribution in [1.82, 2.24) is 10.2 Å². The highest BCUT2D eigenvalue weighted by molar-refractivity contribution is 9.10. The highest BCUT2D eigenvalue weighted by Crippen LogP contribution is 2.30. The summed E-state index contributed by atoms with van der Waals surface area (Å²) in [4.78, 5) is 0. The van der Waals surface area contributed by atoms with E-state index in [0.29, 0.717) is 0 Å². The Balaban J connectivity index is 1.99. The molecule has 1 heterocycles. The summed E-state index contributed by atoms with van der Waals surface area (Å²) >= 11 is 6.80. The number of hydrogen-bond donors (Lipinski definition) is 1. The van der Waals surface area contributed by atoms with Crippen LogP contribution in [0.4, 0.5) is 5.13 Å². The summed E-state index contributed by atoms with van der Waals surface area (Å²) in [5.74, 6) is 0.903. The van der Waals surface area contributed by atoms with E-state index >= 15 is 0 Å². The third kappa shape index (κ3) is 2.96. The second kappa shape index (κ2) is 5.65. The van der Waals surface area contributed by atoms with Crippen LogP contribution in [0, 0.1) is 0 Å². The maximum atomic E-state index is 4.09. The first kappa shape index (κ1) is 11.9. The molecular formula is C10H10BrN3S2. The molecule has 1 aromatic heterocycles. The summed E-state index contributed by atoms with van der Waals surface area (Å²) < 4.78 is 2.13. The molecule has 2 rings (SSSR count). The van der Waals surface area contributed by atoms with Gasteiger partial charge in [0, 0.05) is 17.3 Å². The first-order chi connectivity index (χ1) is 7.79. The van der Waals surface area contributed by atoms with Crippen LogP contribution in [0.3, 0.4) is 0 Å². The predicted molar refractivity (Wildman–Crippen MR) is 73.2 cm³/mol. The fourth-order valence-electron chi connectivity index (χ4n) is 1.12. The van der Waals surface area contributed by atoms with E-state index in [9.17, 15) is 0 Å². The van der Waals surface area contributed by atoms with E-state index in [2.05, 4.69) is 43.6 Å². The van der Waals surface area contributed by atoms with Crippen LogP contribution < -0.4 is 5.32 Å². The lowest BCUT2D eigenvalue weighted by Gasteiger charge is -2.00. The summed E-state index contributed by atoms with van der Waals surface area (Å²) in [6, 6.07) is 8.22.